The smallest absolute Gasteiger partial charge is 0.257 e. The van der Waals surface area contributed by atoms with Gasteiger partial charge in [0.2, 0.25) is 11.0 Å². The van der Waals surface area contributed by atoms with Crippen LogP contribution in [-0.2, 0) is 11.2 Å². The highest BCUT2D eigenvalue weighted by Gasteiger charge is 2.12. The first-order valence-electron chi connectivity index (χ1n) is 9.01. The summed E-state index contributed by atoms with van der Waals surface area (Å²) in [7, 11) is 0. The van der Waals surface area contributed by atoms with Gasteiger partial charge in [0, 0.05) is 5.56 Å². The molecule has 1 aromatic heterocycles. The monoisotopic (exact) mass is 425 g/mol. The summed E-state index contributed by atoms with van der Waals surface area (Å²) >= 11 is 1.11. The standard InChI is InChI=1S/C20H19N5O4S/c1-2-29-16-9-8-13(10-15(16)26)12-21-23-17(27)11-18-24-25-20(30-18)22-19(28)14-6-4-3-5-7-14/h3-10,12,26H,2,11H2,1H3,(H,23,27)(H,22,25,28). The highest BCUT2D eigenvalue weighted by atomic mass is 32.1. The van der Waals surface area contributed by atoms with Crippen LogP contribution in [0.15, 0.2) is 53.6 Å². The summed E-state index contributed by atoms with van der Waals surface area (Å²) in [4.78, 5) is 24.1. The number of carbonyl (C=O) groups is 2. The van der Waals surface area contributed by atoms with Crippen LogP contribution in [0.3, 0.4) is 0 Å². The minimum Gasteiger partial charge on any atom is -0.504 e. The van der Waals surface area contributed by atoms with Gasteiger partial charge in [-0.3, -0.25) is 14.9 Å². The van der Waals surface area contributed by atoms with E-state index in [1.54, 1.807) is 36.4 Å². The molecule has 0 aliphatic heterocycles. The molecule has 0 saturated carbocycles. The van der Waals surface area contributed by atoms with Crippen molar-refractivity contribution >= 4 is 34.5 Å². The minimum atomic E-state index is -0.390. The number of hydrogen-bond donors (Lipinski definition) is 3. The Hall–Kier alpha value is -3.79. The normalized spacial score (nSPS) is 10.7. The zero-order valence-electron chi connectivity index (χ0n) is 16.0. The van der Waals surface area contributed by atoms with E-state index in [9.17, 15) is 14.7 Å². The van der Waals surface area contributed by atoms with Crippen molar-refractivity contribution in [2.24, 2.45) is 5.10 Å². The number of benzene rings is 2. The highest BCUT2D eigenvalue weighted by Crippen LogP contribution is 2.26. The molecule has 30 heavy (non-hydrogen) atoms. The van der Waals surface area contributed by atoms with Crippen LogP contribution in [0.2, 0.25) is 0 Å². The van der Waals surface area contributed by atoms with E-state index in [1.807, 2.05) is 13.0 Å². The number of amides is 2. The van der Waals surface area contributed by atoms with Gasteiger partial charge in [0.25, 0.3) is 5.91 Å². The average molecular weight is 425 g/mol. The van der Waals surface area contributed by atoms with E-state index < -0.39 is 5.91 Å². The molecule has 3 rings (SSSR count). The lowest BCUT2D eigenvalue weighted by Crippen LogP contribution is -2.19. The molecule has 0 atom stereocenters. The Morgan fingerprint density at radius 1 is 1.20 bits per heavy atom. The van der Waals surface area contributed by atoms with Gasteiger partial charge in [-0.25, -0.2) is 5.43 Å². The molecule has 0 saturated heterocycles. The summed E-state index contributed by atoms with van der Waals surface area (Å²) < 4.78 is 5.25. The molecule has 0 aliphatic carbocycles. The lowest BCUT2D eigenvalue weighted by molar-refractivity contribution is -0.120. The highest BCUT2D eigenvalue weighted by molar-refractivity contribution is 7.15. The fourth-order valence-corrected chi connectivity index (χ4v) is 3.12. The van der Waals surface area contributed by atoms with Gasteiger partial charge < -0.3 is 9.84 Å². The number of phenols is 1. The van der Waals surface area contributed by atoms with E-state index in [4.69, 9.17) is 4.74 Å². The van der Waals surface area contributed by atoms with Crippen LogP contribution in [-0.4, -0.2) is 39.9 Å². The lowest BCUT2D eigenvalue weighted by atomic mass is 10.2. The SMILES string of the molecule is CCOc1ccc(C=NNC(=O)Cc2nnc(NC(=O)c3ccccc3)s2)cc1O. The maximum atomic E-state index is 12.1. The van der Waals surface area contributed by atoms with E-state index in [-0.39, 0.29) is 18.1 Å². The number of ether oxygens (including phenoxy) is 1. The topological polar surface area (TPSA) is 126 Å². The third-order valence-electron chi connectivity index (χ3n) is 3.72. The zero-order chi connectivity index (χ0) is 21.3. The first kappa shape index (κ1) is 20.9. The Morgan fingerprint density at radius 3 is 2.73 bits per heavy atom. The quantitative estimate of drug-likeness (QED) is 0.376. The van der Waals surface area contributed by atoms with E-state index in [0.717, 1.165) is 11.3 Å². The van der Waals surface area contributed by atoms with Crippen molar-refractivity contribution in [1.82, 2.24) is 15.6 Å². The second-order valence-electron chi connectivity index (χ2n) is 5.95. The number of nitrogens with zero attached hydrogens (tertiary/aromatic N) is 3. The molecule has 9 nitrogen and oxygen atoms in total. The van der Waals surface area contributed by atoms with Gasteiger partial charge in [0.05, 0.1) is 19.2 Å². The zero-order valence-corrected chi connectivity index (χ0v) is 16.8. The van der Waals surface area contributed by atoms with Crippen LogP contribution >= 0.6 is 11.3 Å². The van der Waals surface area contributed by atoms with Crippen LogP contribution in [0, 0.1) is 0 Å². The number of hydrazone groups is 1. The van der Waals surface area contributed by atoms with Crippen LogP contribution in [0.5, 0.6) is 11.5 Å². The molecule has 3 N–H and O–H groups in total. The van der Waals surface area contributed by atoms with Crippen molar-refractivity contribution < 1.29 is 19.4 Å². The number of rotatable bonds is 8. The van der Waals surface area contributed by atoms with Crippen molar-refractivity contribution in [1.29, 1.82) is 0 Å². The number of nitrogens with one attached hydrogen (secondary N) is 2. The Kier molecular flexibility index (Phi) is 7.06. The van der Waals surface area contributed by atoms with Crippen molar-refractivity contribution in [3.63, 3.8) is 0 Å². The van der Waals surface area contributed by atoms with Gasteiger partial charge in [0.15, 0.2) is 11.5 Å². The fraction of sp³-hybridized carbons (Fsp3) is 0.150. The van der Waals surface area contributed by atoms with Gasteiger partial charge in [-0.15, -0.1) is 10.2 Å². The van der Waals surface area contributed by atoms with Crippen LogP contribution < -0.4 is 15.5 Å². The number of anilines is 1. The molecule has 3 aromatic rings. The van der Waals surface area contributed by atoms with Gasteiger partial charge in [-0.1, -0.05) is 29.5 Å². The number of aromatic nitrogens is 2. The van der Waals surface area contributed by atoms with E-state index in [1.165, 1.54) is 12.3 Å². The maximum Gasteiger partial charge on any atom is 0.257 e. The van der Waals surface area contributed by atoms with E-state index >= 15 is 0 Å². The first-order valence-corrected chi connectivity index (χ1v) is 9.83. The second kappa shape index (κ2) is 10.1. The molecule has 0 bridgehead atoms. The Bertz CT molecular complexity index is 1050. The van der Waals surface area contributed by atoms with Crippen molar-refractivity contribution in [3.8, 4) is 11.5 Å². The molecule has 2 aromatic carbocycles. The second-order valence-corrected chi connectivity index (χ2v) is 7.01. The maximum absolute atomic E-state index is 12.1. The molecular formula is C20H19N5O4S. The lowest BCUT2D eigenvalue weighted by Gasteiger charge is -2.05. The molecule has 0 fully saturated rings. The molecule has 10 heteroatoms. The number of aromatic hydroxyl groups is 1. The average Bonchev–Trinajstić information content (AvgIpc) is 3.17. The van der Waals surface area contributed by atoms with Gasteiger partial charge in [-0.05, 0) is 42.8 Å². The summed E-state index contributed by atoms with van der Waals surface area (Å²) in [5, 5.41) is 24.9. The molecule has 0 spiro atoms. The first-order chi connectivity index (χ1) is 14.5. The number of carbonyl (C=O) groups excluding carboxylic acids is 2. The predicted molar refractivity (Wildman–Crippen MR) is 113 cm³/mol. The molecule has 1 heterocycles. The summed E-state index contributed by atoms with van der Waals surface area (Å²) in [6.45, 7) is 2.27. The van der Waals surface area contributed by atoms with Crippen LogP contribution in [0.4, 0.5) is 5.13 Å². The summed E-state index contributed by atoms with van der Waals surface area (Å²) in [6, 6.07) is 13.5. The Morgan fingerprint density at radius 2 is 2.00 bits per heavy atom. The fourth-order valence-electron chi connectivity index (χ4n) is 2.38. The molecule has 0 aliphatic rings. The molecule has 2 amide bonds. The molecular weight excluding hydrogens is 406 g/mol. The van der Waals surface area contributed by atoms with Crippen molar-refractivity contribution in [3.05, 3.63) is 64.7 Å². The molecule has 154 valence electrons. The van der Waals surface area contributed by atoms with Gasteiger partial charge in [0.1, 0.15) is 5.01 Å². The van der Waals surface area contributed by atoms with Gasteiger partial charge in [-0.2, -0.15) is 5.10 Å². The number of phenolic OH excluding ortho intramolecular Hbond substituents is 1. The van der Waals surface area contributed by atoms with Crippen molar-refractivity contribution in [2.45, 2.75) is 13.3 Å². The van der Waals surface area contributed by atoms with E-state index in [2.05, 4.69) is 26.0 Å². The third kappa shape index (κ3) is 5.85. The van der Waals surface area contributed by atoms with Crippen LogP contribution in [0.1, 0.15) is 27.9 Å². The summed E-state index contributed by atoms with van der Waals surface area (Å²) in [5.41, 5.74) is 3.48. The largest absolute Gasteiger partial charge is 0.504 e. The number of hydrogen-bond acceptors (Lipinski definition) is 8. The third-order valence-corrected chi connectivity index (χ3v) is 4.56. The van der Waals surface area contributed by atoms with Crippen molar-refractivity contribution in [2.75, 3.05) is 11.9 Å². The Labute approximate surface area is 176 Å². The minimum absolute atomic E-state index is 0.00827. The van der Waals surface area contributed by atoms with E-state index in [0.29, 0.717) is 33.6 Å². The molecule has 0 unspecified atom stereocenters. The summed E-state index contributed by atoms with van der Waals surface area (Å²) in [6.07, 6.45) is 1.36. The predicted octanol–water partition coefficient (Wildman–Crippen LogP) is 2.59. The molecule has 0 radical (unpaired) electrons. The summed E-state index contributed by atoms with van der Waals surface area (Å²) in [5.74, 6) is -0.319. The van der Waals surface area contributed by atoms with Gasteiger partial charge >= 0.3 is 0 Å². The van der Waals surface area contributed by atoms with Crippen LogP contribution in [0.25, 0.3) is 0 Å². The Balaban J connectivity index is 1.50.